The zero-order valence-electron chi connectivity index (χ0n) is 54.2. The third-order valence-electron chi connectivity index (χ3n) is 20.6. The molecule has 8 heteroatoms. The molecule has 0 aliphatic heterocycles. The van der Waals surface area contributed by atoms with E-state index in [-0.39, 0.29) is 5.41 Å². The smallest absolute Gasteiger partial charge is 0.164 e. The van der Waals surface area contributed by atoms with Crippen molar-refractivity contribution in [1.29, 1.82) is 0 Å². The first kappa shape index (κ1) is 56.8. The monoisotopic (exact) mass is 1280 g/mol. The number of furan rings is 1. The van der Waals surface area contributed by atoms with E-state index >= 15 is 0 Å². The quantitative estimate of drug-likeness (QED) is 0.152. The highest BCUT2D eigenvalue weighted by Crippen LogP contribution is 2.55. The number of hydrogen-bond donors (Lipinski definition) is 0. The van der Waals surface area contributed by atoms with Crippen LogP contribution in [-0.4, -0.2) is 24.1 Å². The Hall–Kier alpha value is -12.5. The van der Waals surface area contributed by atoms with Crippen molar-refractivity contribution in [3.05, 3.63) is 338 Å². The van der Waals surface area contributed by atoms with Crippen molar-refractivity contribution in [1.82, 2.24) is 24.1 Å². The largest absolute Gasteiger partial charge is 0.455 e. The third kappa shape index (κ3) is 8.85. The van der Waals surface area contributed by atoms with E-state index in [1.54, 1.807) is 0 Å². The molecule has 0 atom stereocenters. The molecule has 0 unspecified atom stereocenters. The summed E-state index contributed by atoms with van der Waals surface area (Å²) in [7, 11) is 0. The number of hydrogen-bond acceptors (Lipinski definition) is 6. The van der Waals surface area contributed by atoms with Gasteiger partial charge in [-0.3, -0.25) is 0 Å². The lowest BCUT2D eigenvalue weighted by Gasteiger charge is -2.25. The molecule has 0 spiro atoms. The number of rotatable bonds is 8. The molecule has 5 heterocycles. The minimum Gasteiger partial charge on any atom is -0.455 e. The Kier molecular flexibility index (Phi) is 12.8. The van der Waals surface area contributed by atoms with Gasteiger partial charge in [-0.1, -0.05) is 238 Å². The maximum atomic E-state index is 6.99. The molecule has 5 aromatic heterocycles. The van der Waals surface area contributed by atoms with Gasteiger partial charge in [-0.25, -0.2) is 15.0 Å². The summed E-state index contributed by atoms with van der Waals surface area (Å²) in [6.45, 7) is 4.74. The summed E-state index contributed by atoms with van der Waals surface area (Å²) in [5.74, 6) is 1.91. The summed E-state index contributed by atoms with van der Waals surface area (Å²) in [6.07, 6.45) is 0.935. The highest BCUT2D eigenvalue weighted by atomic mass is 32.1. The van der Waals surface area contributed by atoms with Gasteiger partial charge in [0.2, 0.25) is 0 Å². The summed E-state index contributed by atoms with van der Waals surface area (Å²) >= 11 is 1.97. The van der Waals surface area contributed by atoms with E-state index in [9.17, 15) is 0 Å². The second-order valence-corrected chi connectivity index (χ2v) is 27.6. The molecule has 2 aliphatic rings. The van der Waals surface area contributed by atoms with E-state index in [0.717, 1.165) is 95.3 Å². The second kappa shape index (κ2) is 22.3. The van der Waals surface area contributed by atoms with Gasteiger partial charge < -0.3 is 18.5 Å². The highest BCUT2D eigenvalue weighted by molar-refractivity contribution is 7.27. The lowest BCUT2D eigenvalue weighted by molar-refractivity contribution is 0.661. The normalized spacial score (nSPS) is 12.8. The summed E-state index contributed by atoms with van der Waals surface area (Å²) < 4.78 is 14.5. The summed E-state index contributed by atoms with van der Waals surface area (Å²) in [5.41, 5.74) is 25.8. The minimum absolute atomic E-state index is 0.00952. The standard InChI is InChI=1S/C46H28N4O.C45H32N2S/c1-3-12-28(13-4-1)44-47-45(29-14-5-2-6-15-29)49-46(48-44)32-17-11-18-33(27-32)50-38-21-10-9-20-37(38)41-39(50)25-24-36-35-23-22-31-26-30-16-7-8-19-34(30)40(31)42(35)51-43(36)41;1-45(2)37-19-11-9-17-35(37)41-38(45)27-25-33-34-26-28-40-42(44(34)48-43(33)41)36-18-10-12-20-39(36)47(40)32-23-21-31(22-24-32)46(29-13-5-3-6-14-29)30-15-7-4-8-16-30/h1-25,27H,26H2;3-28H,1-2H3. The van der Waals surface area contributed by atoms with Crippen LogP contribution in [0.4, 0.5) is 17.1 Å². The molecule has 14 aromatic carbocycles. The molecule has 19 aromatic rings. The van der Waals surface area contributed by atoms with Gasteiger partial charge in [0.1, 0.15) is 11.2 Å². The van der Waals surface area contributed by atoms with Crippen molar-refractivity contribution >= 4 is 114 Å². The van der Waals surface area contributed by atoms with Gasteiger partial charge in [0.15, 0.2) is 17.5 Å². The fourth-order valence-electron chi connectivity index (χ4n) is 16.1. The van der Waals surface area contributed by atoms with Crippen molar-refractivity contribution in [3.63, 3.8) is 0 Å². The SMILES string of the molecule is CC1(C)c2ccccc2-c2c1ccc1c2sc2c1ccc1c2c2ccccc2n1-c1ccc(N(c2ccccc2)c2ccccc2)cc1.c1ccc(-c2nc(-c3ccccc3)nc(-c3cccc(-n4c5ccccc5c5c6oc7c8c(ccc7c6ccc54)Cc4ccccc4-8)c3)n2)cc1. The molecular formula is C91H60N6OS. The van der Waals surface area contributed by atoms with Gasteiger partial charge in [0, 0.05) is 109 Å². The van der Waals surface area contributed by atoms with Crippen LogP contribution in [0.25, 0.3) is 154 Å². The molecule has 7 nitrogen and oxygen atoms in total. The van der Waals surface area contributed by atoms with Gasteiger partial charge >= 0.3 is 0 Å². The van der Waals surface area contributed by atoms with Gasteiger partial charge in [-0.15, -0.1) is 11.3 Å². The predicted octanol–water partition coefficient (Wildman–Crippen LogP) is 24.4. The number of benzene rings is 14. The molecule has 0 fully saturated rings. The molecule has 21 rings (SSSR count). The van der Waals surface area contributed by atoms with Gasteiger partial charge in [0.25, 0.3) is 0 Å². The number of anilines is 3. The van der Waals surface area contributed by atoms with Gasteiger partial charge in [0.05, 0.1) is 27.5 Å². The third-order valence-corrected chi connectivity index (χ3v) is 21.9. The van der Waals surface area contributed by atoms with E-state index in [0.29, 0.717) is 17.5 Å². The van der Waals surface area contributed by atoms with Crippen molar-refractivity contribution < 1.29 is 4.42 Å². The van der Waals surface area contributed by atoms with Gasteiger partial charge in [-0.2, -0.15) is 0 Å². The predicted molar refractivity (Wildman–Crippen MR) is 412 cm³/mol. The molecule has 99 heavy (non-hydrogen) atoms. The van der Waals surface area contributed by atoms with Crippen LogP contribution in [-0.2, 0) is 11.8 Å². The fraction of sp³-hybridized carbons (Fsp3) is 0.0440. The molecule has 0 bridgehead atoms. The van der Waals surface area contributed by atoms with Crippen LogP contribution in [0.5, 0.6) is 0 Å². The topological polar surface area (TPSA) is 64.9 Å². The first-order chi connectivity index (χ1) is 48.9. The number of fused-ring (bicyclic) bond motifs is 22. The zero-order valence-corrected chi connectivity index (χ0v) is 55.0. The van der Waals surface area contributed by atoms with Crippen LogP contribution >= 0.6 is 11.3 Å². The molecule has 0 saturated heterocycles. The van der Waals surface area contributed by atoms with Crippen molar-refractivity contribution in [2.75, 3.05) is 4.90 Å². The summed E-state index contributed by atoms with van der Waals surface area (Å²) in [4.78, 5) is 17.2. The van der Waals surface area contributed by atoms with Crippen molar-refractivity contribution in [3.8, 4) is 67.8 Å². The maximum Gasteiger partial charge on any atom is 0.164 e. The Morgan fingerprint density at radius 2 is 0.848 bits per heavy atom. The second-order valence-electron chi connectivity index (χ2n) is 26.5. The van der Waals surface area contributed by atoms with Crippen LogP contribution in [0.15, 0.2) is 320 Å². The molecule has 0 radical (unpaired) electrons. The van der Waals surface area contributed by atoms with Crippen LogP contribution in [0, 0.1) is 0 Å². The van der Waals surface area contributed by atoms with E-state index in [4.69, 9.17) is 19.4 Å². The van der Waals surface area contributed by atoms with Crippen LogP contribution in [0.2, 0.25) is 0 Å². The van der Waals surface area contributed by atoms with Crippen LogP contribution in [0.1, 0.15) is 36.1 Å². The van der Waals surface area contributed by atoms with E-state index in [2.05, 4.69) is 283 Å². The average Bonchev–Trinajstić information content (AvgIpc) is 1.55. The molecular weight excluding hydrogens is 1230 g/mol. The molecule has 466 valence electrons. The first-order valence-corrected chi connectivity index (χ1v) is 34.7. The minimum atomic E-state index is -0.00952. The lowest BCUT2D eigenvalue weighted by Crippen LogP contribution is -2.14. The number of aromatic nitrogens is 5. The van der Waals surface area contributed by atoms with Gasteiger partial charge in [-0.05, 0) is 131 Å². The number of para-hydroxylation sites is 4. The molecule has 0 saturated carbocycles. The Morgan fingerprint density at radius 3 is 1.54 bits per heavy atom. The van der Waals surface area contributed by atoms with E-state index in [1.807, 2.05) is 72.0 Å². The van der Waals surface area contributed by atoms with Crippen molar-refractivity contribution in [2.24, 2.45) is 0 Å². The lowest BCUT2D eigenvalue weighted by atomic mass is 9.82. The summed E-state index contributed by atoms with van der Waals surface area (Å²) in [5, 5.41) is 9.87. The van der Waals surface area contributed by atoms with Crippen LogP contribution < -0.4 is 4.90 Å². The molecule has 0 N–H and O–H groups in total. The molecule has 2 aliphatic carbocycles. The van der Waals surface area contributed by atoms with E-state index in [1.165, 1.54) is 86.5 Å². The number of thiophene rings is 1. The summed E-state index contributed by atoms with van der Waals surface area (Å²) in [6, 6.07) is 112. The maximum absolute atomic E-state index is 6.99. The Balaban J connectivity index is 0.000000134. The average molecular weight is 1290 g/mol. The van der Waals surface area contributed by atoms with E-state index < -0.39 is 0 Å². The van der Waals surface area contributed by atoms with Crippen molar-refractivity contribution in [2.45, 2.75) is 25.7 Å². The Bertz CT molecular complexity index is 6370. The Labute approximate surface area is 575 Å². The zero-order chi connectivity index (χ0) is 65.5. The Morgan fingerprint density at radius 1 is 0.343 bits per heavy atom. The first-order valence-electron chi connectivity index (χ1n) is 33.9. The highest BCUT2D eigenvalue weighted by Gasteiger charge is 2.37. The van der Waals surface area contributed by atoms with Crippen LogP contribution in [0.3, 0.4) is 0 Å². The fourth-order valence-corrected chi connectivity index (χ4v) is 17.5. The molecule has 0 amide bonds. The number of nitrogens with zero attached hydrogens (tertiary/aromatic N) is 6.